The van der Waals surface area contributed by atoms with Crippen molar-refractivity contribution in [3.63, 3.8) is 0 Å². The predicted molar refractivity (Wildman–Crippen MR) is 89.6 cm³/mol. The van der Waals surface area contributed by atoms with Crippen molar-refractivity contribution >= 4 is 11.8 Å². The van der Waals surface area contributed by atoms with Crippen molar-refractivity contribution in [1.82, 2.24) is 9.78 Å². The SMILES string of the molecule is COC(=O)C1=C(C)Nc2c(c(C)nn2C)C1c1cccc(C(F)(F)F)c1. The summed E-state index contributed by atoms with van der Waals surface area (Å²) in [5.74, 6) is -0.643. The lowest BCUT2D eigenvalue weighted by Gasteiger charge is -2.28. The molecule has 8 heteroatoms. The van der Waals surface area contributed by atoms with Gasteiger partial charge in [-0.15, -0.1) is 0 Å². The molecule has 1 atom stereocenters. The van der Waals surface area contributed by atoms with Gasteiger partial charge in [-0.05, 0) is 25.5 Å². The molecule has 1 N–H and O–H groups in total. The number of rotatable bonds is 2. The average Bonchev–Trinajstić information content (AvgIpc) is 2.86. The molecule has 0 radical (unpaired) electrons. The third kappa shape index (κ3) is 2.85. The number of allylic oxidation sites excluding steroid dienone is 1. The Hall–Kier alpha value is -2.77. The highest BCUT2D eigenvalue weighted by atomic mass is 19.4. The first kappa shape index (κ1) is 18.0. The number of nitrogens with zero attached hydrogens (tertiary/aromatic N) is 2. The summed E-state index contributed by atoms with van der Waals surface area (Å²) in [6, 6.07) is 5.01. The molecule has 1 aromatic carbocycles. The monoisotopic (exact) mass is 365 g/mol. The van der Waals surface area contributed by atoms with Crippen molar-refractivity contribution in [2.45, 2.75) is 25.9 Å². The molecule has 1 unspecified atom stereocenters. The average molecular weight is 365 g/mol. The van der Waals surface area contributed by atoms with Gasteiger partial charge in [0.25, 0.3) is 0 Å². The van der Waals surface area contributed by atoms with E-state index in [4.69, 9.17) is 4.74 Å². The number of carbonyl (C=O) groups excluding carboxylic acids is 1. The summed E-state index contributed by atoms with van der Waals surface area (Å²) in [5, 5.41) is 7.46. The molecule has 0 spiro atoms. The first-order chi connectivity index (χ1) is 12.1. The van der Waals surface area contributed by atoms with Crippen LogP contribution in [0.2, 0.25) is 0 Å². The quantitative estimate of drug-likeness (QED) is 0.824. The van der Waals surface area contributed by atoms with E-state index in [-0.39, 0.29) is 5.57 Å². The van der Waals surface area contributed by atoms with Crippen LogP contribution in [0.1, 0.15) is 35.2 Å². The lowest BCUT2D eigenvalue weighted by Crippen LogP contribution is -2.24. The van der Waals surface area contributed by atoms with Crippen LogP contribution in [0.15, 0.2) is 35.5 Å². The maximum atomic E-state index is 13.2. The number of benzene rings is 1. The van der Waals surface area contributed by atoms with Crippen molar-refractivity contribution in [1.29, 1.82) is 0 Å². The second-order valence-electron chi connectivity index (χ2n) is 6.18. The van der Waals surface area contributed by atoms with Crippen molar-refractivity contribution < 1.29 is 22.7 Å². The van der Waals surface area contributed by atoms with Gasteiger partial charge in [-0.2, -0.15) is 18.3 Å². The summed E-state index contributed by atoms with van der Waals surface area (Å²) in [6.07, 6.45) is -4.47. The fourth-order valence-corrected chi connectivity index (χ4v) is 3.38. The molecule has 0 saturated heterocycles. The fourth-order valence-electron chi connectivity index (χ4n) is 3.38. The summed E-state index contributed by atoms with van der Waals surface area (Å²) in [4.78, 5) is 12.4. The van der Waals surface area contributed by atoms with Crippen molar-refractivity contribution in [3.8, 4) is 0 Å². The van der Waals surface area contributed by atoms with E-state index in [9.17, 15) is 18.0 Å². The Morgan fingerprint density at radius 2 is 2.00 bits per heavy atom. The molecule has 0 amide bonds. The second-order valence-corrected chi connectivity index (χ2v) is 6.18. The minimum Gasteiger partial charge on any atom is -0.466 e. The summed E-state index contributed by atoms with van der Waals surface area (Å²) in [7, 11) is 2.98. The predicted octanol–water partition coefficient (Wildman–Crippen LogP) is 3.75. The minimum atomic E-state index is -4.47. The van der Waals surface area contributed by atoms with E-state index in [2.05, 4.69) is 10.4 Å². The van der Waals surface area contributed by atoms with Crippen LogP contribution >= 0.6 is 0 Å². The number of fused-ring (bicyclic) bond motifs is 1. The van der Waals surface area contributed by atoms with Crippen molar-refractivity contribution in [3.05, 3.63) is 57.9 Å². The highest BCUT2D eigenvalue weighted by molar-refractivity contribution is 5.94. The Morgan fingerprint density at radius 3 is 2.62 bits per heavy atom. The molecule has 0 fully saturated rings. The summed E-state index contributed by atoms with van der Waals surface area (Å²) >= 11 is 0. The fraction of sp³-hybridized carbons (Fsp3) is 0.333. The number of nitrogens with one attached hydrogen (secondary N) is 1. The van der Waals surface area contributed by atoms with E-state index in [1.165, 1.54) is 13.2 Å². The standard InChI is InChI=1S/C18H18F3N3O2/c1-9-14(17(25)26-4)15(13-10(2)23-24(3)16(13)22-9)11-6-5-7-12(8-11)18(19,20)21/h5-8,15,22H,1-4H3. The third-order valence-corrected chi connectivity index (χ3v) is 4.51. The van der Waals surface area contributed by atoms with E-state index in [1.807, 2.05) is 0 Å². The van der Waals surface area contributed by atoms with Gasteiger partial charge in [0.15, 0.2) is 0 Å². The van der Waals surface area contributed by atoms with Crippen LogP contribution in [0.4, 0.5) is 19.0 Å². The Bertz CT molecular complexity index is 913. The first-order valence-electron chi connectivity index (χ1n) is 7.92. The van der Waals surface area contributed by atoms with Gasteiger partial charge in [0.05, 0.1) is 23.9 Å². The Kier molecular flexibility index (Phi) is 4.29. The van der Waals surface area contributed by atoms with Gasteiger partial charge >= 0.3 is 12.1 Å². The molecule has 2 aromatic rings. The normalized spacial score (nSPS) is 17.0. The van der Waals surface area contributed by atoms with Crippen molar-refractivity contribution in [2.75, 3.05) is 12.4 Å². The smallest absolute Gasteiger partial charge is 0.416 e. The number of esters is 1. The summed E-state index contributed by atoms with van der Waals surface area (Å²) < 4.78 is 46.0. The number of anilines is 1. The molecule has 1 aliphatic heterocycles. The molecular formula is C18H18F3N3O2. The number of hydrogen-bond acceptors (Lipinski definition) is 4. The zero-order chi connectivity index (χ0) is 19.2. The number of aromatic nitrogens is 2. The lowest BCUT2D eigenvalue weighted by molar-refractivity contribution is -0.137. The molecule has 3 rings (SSSR count). The number of alkyl halides is 3. The van der Waals surface area contributed by atoms with Gasteiger partial charge in [0.1, 0.15) is 5.82 Å². The van der Waals surface area contributed by atoms with Crippen LogP contribution in [0, 0.1) is 6.92 Å². The van der Waals surface area contributed by atoms with E-state index in [0.717, 1.165) is 12.1 Å². The largest absolute Gasteiger partial charge is 0.466 e. The van der Waals surface area contributed by atoms with Crippen LogP contribution in [0.5, 0.6) is 0 Å². The van der Waals surface area contributed by atoms with Gasteiger partial charge in [0.2, 0.25) is 0 Å². The van der Waals surface area contributed by atoms with Gasteiger partial charge in [-0.1, -0.05) is 18.2 Å². The molecule has 0 aliphatic carbocycles. The zero-order valence-electron chi connectivity index (χ0n) is 14.7. The Balaban J connectivity index is 2.27. The molecule has 0 bridgehead atoms. The maximum Gasteiger partial charge on any atom is 0.416 e. The lowest BCUT2D eigenvalue weighted by atomic mass is 9.81. The molecule has 2 heterocycles. The molecule has 1 aromatic heterocycles. The molecular weight excluding hydrogens is 347 g/mol. The van der Waals surface area contributed by atoms with Crippen LogP contribution in [0.25, 0.3) is 0 Å². The van der Waals surface area contributed by atoms with Gasteiger partial charge in [-0.25, -0.2) is 4.79 Å². The molecule has 26 heavy (non-hydrogen) atoms. The number of hydrogen-bond donors (Lipinski definition) is 1. The number of halogens is 3. The number of aryl methyl sites for hydroxylation is 2. The van der Waals surface area contributed by atoms with Crippen LogP contribution in [-0.2, 0) is 22.8 Å². The topological polar surface area (TPSA) is 56.1 Å². The molecule has 5 nitrogen and oxygen atoms in total. The number of ether oxygens (including phenoxy) is 1. The van der Waals surface area contributed by atoms with Crippen LogP contribution in [0.3, 0.4) is 0 Å². The van der Waals surface area contributed by atoms with Crippen LogP contribution < -0.4 is 5.32 Å². The number of carbonyl (C=O) groups is 1. The Labute approximate surface area is 148 Å². The summed E-state index contributed by atoms with van der Waals surface area (Å²) in [6.45, 7) is 3.45. The molecule has 138 valence electrons. The van der Waals surface area contributed by atoms with E-state index >= 15 is 0 Å². The first-order valence-corrected chi connectivity index (χ1v) is 7.92. The van der Waals surface area contributed by atoms with E-state index < -0.39 is 23.6 Å². The zero-order valence-corrected chi connectivity index (χ0v) is 14.7. The highest BCUT2D eigenvalue weighted by Crippen LogP contribution is 2.44. The third-order valence-electron chi connectivity index (χ3n) is 4.51. The van der Waals surface area contributed by atoms with Crippen molar-refractivity contribution in [2.24, 2.45) is 7.05 Å². The highest BCUT2D eigenvalue weighted by Gasteiger charge is 2.38. The van der Waals surface area contributed by atoms with Gasteiger partial charge in [-0.3, -0.25) is 4.68 Å². The van der Waals surface area contributed by atoms with Crippen LogP contribution in [-0.4, -0.2) is 22.9 Å². The summed E-state index contributed by atoms with van der Waals surface area (Å²) in [5.41, 5.74) is 1.69. The maximum absolute atomic E-state index is 13.2. The van der Waals surface area contributed by atoms with E-state index in [1.54, 1.807) is 31.6 Å². The van der Waals surface area contributed by atoms with E-state index in [0.29, 0.717) is 28.3 Å². The Morgan fingerprint density at radius 1 is 1.31 bits per heavy atom. The van der Waals surface area contributed by atoms with Gasteiger partial charge in [0, 0.05) is 24.2 Å². The second kappa shape index (κ2) is 6.19. The number of methoxy groups -OCH3 is 1. The van der Waals surface area contributed by atoms with Gasteiger partial charge < -0.3 is 10.1 Å². The minimum absolute atomic E-state index is 0.274. The molecule has 1 aliphatic rings. The molecule has 0 saturated carbocycles.